The number of benzene rings is 3. The topological polar surface area (TPSA) is 224 Å². The SMILES string of the molecule is CS(=O)(=O)c1cc(N)ccc1N=Nc1c(N)c(SOOO)cc2cc(S(=O)(=O)O)cc(O)c12. The lowest BCUT2D eigenvalue weighted by molar-refractivity contribution is -0.432. The van der Waals surface area contributed by atoms with Crippen LogP contribution in [-0.2, 0) is 29.3 Å². The molecule has 0 aromatic heterocycles. The van der Waals surface area contributed by atoms with E-state index >= 15 is 0 Å². The third kappa shape index (κ3) is 5.33. The second kappa shape index (κ2) is 9.10. The van der Waals surface area contributed by atoms with Crippen molar-refractivity contribution in [3.8, 4) is 5.75 Å². The van der Waals surface area contributed by atoms with Crippen LogP contribution in [0, 0.1) is 0 Å². The highest BCUT2D eigenvalue weighted by molar-refractivity contribution is 7.94. The van der Waals surface area contributed by atoms with Gasteiger partial charge in [0, 0.05) is 18.0 Å². The van der Waals surface area contributed by atoms with Gasteiger partial charge in [0.15, 0.2) is 9.84 Å². The van der Waals surface area contributed by atoms with E-state index in [1.165, 1.54) is 24.3 Å². The number of phenols is 1. The summed E-state index contributed by atoms with van der Waals surface area (Å²) in [5, 5.41) is 30.3. The highest BCUT2D eigenvalue weighted by atomic mass is 32.2. The molecule has 3 rings (SSSR count). The number of sulfone groups is 1. The Morgan fingerprint density at radius 1 is 1.03 bits per heavy atom. The summed E-state index contributed by atoms with van der Waals surface area (Å²) < 4.78 is 61.0. The minimum absolute atomic E-state index is 0.0375. The van der Waals surface area contributed by atoms with Crippen molar-refractivity contribution >= 4 is 65.5 Å². The predicted molar refractivity (Wildman–Crippen MR) is 119 cm³/mol. The smallest absolute Gasteiger partial charge is 0.294 e. The van der Waals surface area contributed by atoms with Gasteiger partial charge >= 0.3 is 0 Å². The molecule has 0 unspecified atom stereocenters. The molecule has 7 N–H and O–H groups in total. The molecule has 0 spiro atoms. The number of nitrogens with two attached hydrogens (primary N) is 2. The summed E-state index contributed by atoms with van der Waals surface area (Å²) in [6.45, 7) is 0. The minimum atomic E-state index is -4.68. The summed E-state index contributed by atoms with van der Waals surface area (Å²) in [4.78, 5) is -0.777. The number of nitrogens with zero attached hydrogens (tertiary/aromatic N) is 2. The van der Waals surface area contributed by atoms with Crippen LogP contribution in [0.25, 0.3) is 10.8 Å². The van der Waals surface area contributed by atoms with Crippen molar-refractivity contribution in [2.24, 2.45) is 10.2 Å². The Morgan fingerprint density at radius 3 is 2.33 bits per heavy atom. The van der Waals surface area contributed by atoms with Gasteiger partial charge in [-0.2, -0.15) is 8.42 Å². The van der Waals surface area contributed by atoms with Crippen LogP contribution in [0.3, 0.4) is 0 Å². The zero-order valence-corrected chi connectivity index (χ0v) is 19.0. The van der Waals surface area contributed by atoms with E-state index in [2.05, 4.69) is 19.6 Å². The van der Waals surface area contributed by atoms with Crippen molar-refractivity contribution in [2.45, 2.75) is 14.7 Å². The van der Waals surface area contributed by atoms with Crippen LogP contribution in [0.4, 0.5) is 22.7 Å². The number of hydrogen-bond donors (Lipinski definition) is 5. The van der Waals surface area contributed by atoms with Crippen LogP contribution < -0.4 is 11.5 Å². The van der Waals surface area contributed by atoms with E-state index < -0.39 is 30.6 Å². The molecule has 33 heavy (non-hydrogen) atoms. The van der Waals surface area contributed by atoms with Crippen LogP contribution in [-0.4, -0.2) is 38.0 Å². The van der Waals surface area contributed by atoms with E-state index in [4.69, 9.17) is 16.7 Å². The molecule has 0 fully saturated rings. The summed E-state index contributed by atoms with van der Waals surface area (Å²) in [5.41, 5.74) is 11.5. The average Bonchev–Trinajstić information content (AvgIpc) is 2.71. The van der Waals surface area contributed by atoms with Gasteiger partial charge in [0.25, 0.3) is 10.1 Å². The number of azo groups is 1. The quantitative estimate of drug-likeness (QED) is 0.0762. The lowest BCUT2D eigenvalue weighted by Crippen LogP contribution is -1.99. The largest absolute Gasteiger partial charge is 0.507 e. The Balaban J connectivity index is 2.31. The van der Waals surface area contributed by atoms with E-state index in [0.717, 1.165) is 18.4 Å². The van der Waals surface area contributed by atoms with Gasteiger partial charge in [-0.1, -0.05) is 5.04 Å². The van der Waals surface area contributed by atoms with Crippen molar-refractivity contribution in [2.75, 3.05) is 17.7 Å². The van der Waals surface area contributed by atoms with Crippen molar-refractivity contribution < 1.29 is 41.1 Å². The van der Waals surface area contributed by atoms with Crippen LogP contribution >= 0.6 is 12.0 Å². The van der Waals surface area contributed by atoms with Gasteiger partial charge in [0.2, 0.25) is 0 Å². The normalized spacial score (nSPS) is 12.6. The number of aromatic hydroxyl groups is 1. The second-order valence-electron chi connectivity index (χ2n) is 6.58. The molecule has 3 aromatic carbocycles. The van der Waals surface area contributed by atoms with E-state index in [1.807, 2.05) is 0 Å². The molecule has 13 nitrogen and oxygen atoms in total. The summed E-state index contributed by atoms with van der Waals surface area (Å²) in [5.74, 6) is -0.614. The molecule has 176 valence electrons. The van der Waals surface area contributed by atoms with Crippen LogP contribution in [0.5, 0.6) is 5.75 Å². The summed E-state index contributed by atoms with van der Waals surface area (Å²) in [6, 6.07) is 6.98. The summed E-state index contributed by atoms with van der Waals surface area (Å²) >= 11 is 0.421. The molecular formula is C17H16N4O9S3. The number of rotatable bonds is 7. The first kappa shape index (κ1) is 24.6. The third-order valence-electron chi connectivity index (χ3n) is 4.26. The monoisotopic (exact) mass is 516 g/mol. The van der Waals surface area contributed by atoms with Gasteiger partial charge in [-0.3, -0.25) is 4.55 Å². The fourth-order valence-electron chi connectivity index (χ4n) is 2.85. The lowest BCUT2D eigenvalue weighted by Gasteiger charge is -2.12. The fraction of sp³-hybridized carbons (Fsp3) is 0.0588. The van der Waals surface area contributed by atoms with Gasteiger partial charge in [-0.25, -0.2) is 13.7 Å². The number of fused-ring (bicyclic) bond motifs is 1. The van der Waals surface area contributed by atoms with E-state index in [9.17, 15) is 26.5 Å². The third-order valence-corrected chi connectivity index (χ3v) is 6.86. The number of phenolic OH excluding ortho intramolecular Hbond substituents is 1. The maximum absolute atomic E-state index is 12.1. The number of hydrogen-bond acceptors (Lipinski definition) is 13. The molecule has 0 aliphatic carbocycles. The standard InChI is InChI=1S/C17H16N4O9S3/c1-32(24,25)14-6-9(18)2-3-11(14)20-21-17-15-8(5-13(16(17)19)31-30-29-23)4-10(7-12(15)22)33(26,27)28/h2-7,22-23H,18-19H2,1H3,(H,26,27,28). The first-order valence-corrected chi connectivity index (χ1v) is 12.6. The average molecular weight is 517 g/mol. The zero-order chi connectivity index (χ0) is 24.6. The minimum Gasteiger partial charge on any atom is -0.507 e. The molecule has 0 saturated heterocycles. The van der Waals surface area contributed by atoms with Gasteiger partial charge < -0.3 is 16.6 Å². The van der Waals surface area contributed by atoms with Crippen LogP contribution in [0.2, 0.25) is 0 Å². The highest BCUT2D eigenvalue weighted by Crippen LogP contribution is 2.45. The Hall–Kier alpha value is -2.99. The van der Waals surface area contributed by atoms with Gasteiger partial charge in [0.05, 0.1) is 37.8 Å². The molecule has 0 radical (unpaired) electrons. The second-order valence-corrected chi connectivity index (χ2v) is 10.7. The zero-order valence-electron chi connectivity index (χ0n) is 16.5. The Bertz CT molecular complexity index is 1490. The highest BCUT2D eigenvalue weighted by Gasteiger charge is 2.21. The molecule has 0 amide bonds. The van der Waals surface area contributed by atoms with Crippen molar-refractivity contribution in [1.29, 1.82) is 0 Å². The molecule has 0 saturated carbocycles. The first-order valence-electron chi connectivity index (χ1n) is 8.55. The van der Waals surface area contributed by atoms with Crippen molar-refractivity contribution in [3.63, 3.8) is 0 Å². The Labute approximate surface area is 191 Å². The molecule has 0 aliphatic heterocycles. The van der Waals surface area contributed by atoms with Gasteiger partial charge in [-0.05, 0) is 35.7 Å². The molecular weight excluding hydrogens is 500 g/mol. The molecule has 3 aromatic rings. The molecule has 0 heterocycles. The van der Waals surface area contributed by atoms with Crippen molar-refractivity contribution in [1.82, 2.24) is 0 Å². The van der Waals surface area contributed by atoms with E-state index in [1.54, 1.807) is 0 Å². The predicted octanol–water partition coefficient (Wildman–Crippen LogP) is 3.20. The molecule has 0 atom stereocenters. The summed E-state index contributed by atoms with van der Waals surface area (Å²) in [7, 11) is -8.42. The number of nitrogen functional groups attached to an aromatic ring is 2. The lowest BCUT2D eigenvalue weighted by atomic mass is 10.1. The van der Waals surface area contributed by atoms with E-state index in [-0.39, 0.29) is 43.3 Å². The van der Waals surface area contributed by atoms with Crippen molar-refractivity contribution in [3.05, 3.63) is 36.4 Å². The maximum Gasteiger partial charge on any atom is 0.294 e. The molecule has 0 aliphatic rings. The van der Waals surface area contributed by atoms with E-state index in [0.29, 0.717) is 12.0 Å². The van der Waals surface area contributed by atoms with Crippen LogP contribution in [0.1, 0.15) is 0 Å². The van der Waals surface area contributed by atoms with Gasteiger partial charge in [-0.15, -0.1) is 14.6 Å². The Kier molecular flexibility index (Phi) is 6.80. The Morgan fingerprint density at radius 2 is 1.73 bits per heavy atom. The number of anilines is 2. The first-order chi connectivity index (χ1) is 15.3. The molecule has 16 heteroatoms. The summed E-state index contributed by atoms with van der Waals surface area (Å²) in [6.07, 6.45) is 0.955. The maximum atomic E-state index is 12.1. The molecule has 0 bridgehead atoms. The van der Waals surface area contributed by atoms with Gasteiger partial charge in [0.1, 0.15) is 17.1 Å². The fourth-order valence-corrected chi connectivity index (χ4v) is 4.69. The van der Waals surface area contributed by atoms with Crippen LogP contribution in [0.15, 0.2) is 61.3 Å².